The molecule has 1 aliphatic rings. The van der Waals surface area contributed by atoms with Gasteiger partial charge < -0.3 is 0 Å². The number of halogens is 1. The van der Waals surface area contributed by atoms with Gasteiger partial charge in [0.05, 0.1) is 11.1 Å². The van der Waals surface area contributed by atoms with Crippen molar-refractivity contribution < 1.29 is 0 Å². The first-order valence-electron chi connectivity index (χ1n) is 10.1. The molecule has 0 amide bonds. The molecule has 0 spiro atoms. The summed E-state index contributed by atoms with van der Waals surface area (Å²) < 4.78 is 0. The molecule has 0 saturated carbocycles. The van der Waals surface area contributed by atoms with Crippen LogP contribution in [0.5, 0.6) is 0 Å². The SMILES string of the molecule is Clc1cc2c(c3ccccc13)-c1ccccc1C2(c1ccccc1)c1ccccn1. The van der Waals surface area contributed by atoms with Crippen molar-refractivity contribution in [2.24, 2.45) is 0 Å². The van der Waals surface area contributed by atoms with Crippen molar-refractivity contribution in [2.45, 2.75) is 5.41 Å². The Kier molecular flexibility index (Phi) is 3.81. The van der Waals surface area contributed by atoms with Crippen LogP contribution >= 0.6 is 11.6 Å². The molecule has 0 aliphatic heterocycles. The van der Waals surface area contributed by atoms with Gasteiger partial charge in [0.2, 0.25) is 0 Å². The fourth-order valence-corrected chi connectivity index (χ4v) is 5.37. The van der Waals surface area contributed by atoms with E-state index in [0.717, 1.165) is 16.1 Å². The molecular weight excluding hydrogens is 386 g/mol. The molecule has 0 N–H and O–H groups in total. The van der Waals surface area contributed by atoms with Crippen LogP contribution in [0.15, 0.2) is 109 Å². The van der Waals surface area contributed by atoms with Gasteiger partial charge in [0.1, 0.15) is 0 Å². The number of hydrogen-bond acceptors (Lipinski definition) is 1. The van der Waals surface area contributed by atoms with Crippen LogP contribution in [0.3, 0.4) is 0 Å². The number of pyridine rings is 1. The zero-order chi connectivity index (χ0) is 20.1. The molecule has 1 nitrogen and oxygen atoms in total. The van der Waals surface area contributed by atoms with Gasteiger partial charge in [-0.15, -0.1) is 0 Å². The topological polar surface area (TPSA) is 12.9 Å². The van der Waals surface area contributed by atoms with E-state index >= 15 is 0 Å². The van der Waals surface area contributed by atoms with Crippen LogP contribution in [0.1, 0.15) is 22.4 Å². The molecule has 30 heavy (non-hydrogen) atoms. The zero-order valence-electron chi connectivity index (χ0n) is 16.2. The lowest BCUT2D eigenvalue weighted by atomic mass is 9.69. The fraction of sp³-hybridized carbons (Fsp3) is 0.0357. The maximum atomic E-state index is 6.87. The summed E-state index contributed by atoms with van der Waals surface area (Å²) in [7, 11) is 0. The summed E-state index contributed by atoms with van der Waals surface area (Å²) in [6.07, 6.45) is 1.88. The van der Waals surface area contributed by atoms with Crippen molar-refractivity contribution in [1.82, 2.24) is 4.98 Å². The van der Waals surface area contributed by atoms with Crippen LogP contribution in [-0.4, -0.2) is 4.98 Å². The summed E-state index contributed by atoms with van der Waals surface area (Å²) >= 11 is 6.87. The largest absolute Gasteiger partial charge is 0.260 e. The van der Waals surface area contributed by atoms with Crippen molar-refractivity contribution in [3.05, 3.63) is 137 Å². The highest BCUT2D eigenvalue weighted by Crippen LogP contribution is 2.58. The van der Waals surface area contributed by atoms with Crippen LogP contribution in [-0.2, 0) is 5.41 Å². The van der Waals surface area contributed by atoms with Crippen molar-refractivity contribution in [3.63, 3.8) is 0 Å². The molecule has 1 aromatic heterocycles. The minimum Gasteiger partial charge on any atom is -0.260 e. The minimum absolute atomic E-state index is 0.512. The number of nitrogens with zero attached hydrogens (tertiary/aromatic N) is 1. The highest BCUT2D eigenvalue weighted by molar-refractivity contribution is 6.36. The highest BCUT2D eigenvalue weighted by Gasteiger charge is 2.47. The molecule has 142 valence electrons. The Bertz CT molecular complexity index is 1350. The molecule has 5 aromatic rings. The molecule has 1 atom stereocenters. The Morgan fingerprint density at radius 3 is 2.13 bits per heavy atom. The average molecular weight is 404 g/mol. The normalized spacial score (nSPS) is 17.0. The van der Waals surface area contributed by atoms with Crippen LogP contribution in [0.4, 0.5) is 0 Å². The van der Waals surface area contributed by atoms with E-state index in [0.29, 0.717) is 0 Å². The lowest BCUT2D eigenvalue weighted by molar-refractivity contribution is 0.735. The predicted molar refractivity (Wildman–Crippen MR) is 124 cm³/mol. The van der Waals surface area contributed by atoms with Crippen molar-refractivity contribution in [3.8, 4) is 11.1 Å². The highest BCUT2D eigenvalue weighted by atomic mass is 35.5. The van der Waals surface area contributed by atoms with E-state index in [2.05, 4.69) is 91.0 Å². The number of aromatic nitrogens is 1. The lowest BCUT2D eigenvalue weighted by Gasteiger charge is -2.32. The second-order valence-corrected chi connectivity index (χ2v) is 8.11. The smallest absolute Gasteiger partial charge is 0.0886 e. The number of benzene rings is 4. The molecule has 0 radical (unpaired) electrons. The first-order valence-corrected chi connectivity index (χ1v) is 10.5. The molecular formula is C28H18ClN. The molecule has 2 heteroatoms. The molecule has 6 rings (SSSR count). The summed E-state index contributed by atoms with van der Waals surface area (Å²) in [5.41, 5.74) is 6.63. The van der Waals surface area contributed by atoms with Crippen LogP contribution in [0, 0.1) is 0 Å². The van der Waals surface area contributed by atoms with E-state index in [1.807, 2.05) is 18.3 Å². The third-order valence-corrected chi connectivity index (χ3v) is 6.57. The van der Waals surface area contributed by atoms with Gasteiger partial charge in [-0.2, -0.15) is 0 Å². The van der Waals surface area contributed by atoms with E-state index in [-0.39, 0.29) is 0 Å². The van der Waals surface area contributed by atoms with Gasteiger partial charge >= 0.3 is 0 Å². The number of fused-ring (bicyclic) bond motifs is 5. The van der Waals surface area contributed by atoms with Gasteiger partial charge in [0.15, 0.2) is 0 Å². The Labute approximate surface area is 180 Å². The molecule has 1 heterocycles. The second-order valence-electron chi connectivity index (χ2n) is 7.70. The molecule has 0 bridgehead atoms. The maximum Gasteiger partial charge on any atom is 0.0886 e. The van der Waals surface area contributed by atoms with Gasteiger partial charge in [0.25, 0.3) is 0 Å². The van der Waals surface area contributed by atoms with Gasteiger partial charge in [0, 0.05) is 16.6 Å². The maximum absolute atomic E-state index is 6.87. The molecule has 1 aliphatic carbocycles. The molecule has 0 saturated heterocycles. The minimum atomic E-state index is -0.512. The van der Waals surface area contributed by atoms with Gasteiger partial charge in [-0.3, -0.25) is 4.98 Å². The summed E-state index contributed by atoms with van der Waals surface area (Å²) in [5.74, 6) is 0. The van der Waals surface area contributed by atoms with Crippen molar-refractivity contribution in [2.75, 3.05) is 0 Å². The van der Waals surface area contributed by atoms with Gasteiger partial charge in [-0.1, -0.05) is 96.5 Å². The van der Waals surface area contributed by atoms with E-state index in [1.54, 1.807) is 0 Å². The van der Waals surface area contributed by atoms with Gasteiger partial charge in [-0.05, 0) is 51.4 Å². The van der Waals surface area contributed by atoms with E-state index in [9.17, 15) is 0 Å². The van der Waals surface area contributed by atoms with E-state index in [4.69, 9.17) is 16.6 Å². The Morgan fingerprint density at radius 2 is 1.33 bits per heavy atom. The van der Waals surface area contributed by atoms with Crippen LogP contribution in [0.25, 0.3) is 21.9 Å². The van der Waals surface area contributed by atoms with Gasteiger partial charge in [-0.25, -0.2) is 0 Å². The summed E-state index contributed by atoms with van der Waals surface area (Å²) in [6, 6.07) is 36.1. The Morgan fingerprint density at radius 1 is 0.633 bits per heavy atom. The summed E-state index contributed by atoms with van der Waals surface area (Å²) in [5, 5.41) is 3.03. The monoisotopic (exact) mass is 403 g/mol. The number of hydrogen-bond donors (Lipinski definition) is 0. The predicted octanol–water partition coefficient (Wildman–Crippen LogP) is 7.25. The second kappa shape index (κ2) is 6.55. The van der Waals surface area contributed by atoms with Crippen molar-refractivity contribution in [1.29, 1.82) is 0 Å². The fourth-order valence-electron chi connectivity index (χ4n) is 5.10. The summed E-state index contributed by atoms with van der Waals surface area (Å²) in [4.78, 5) is 4.87. The average Bonchev–Trinajstić information content (AvgIpc) is 3.11. The Hall–Kier alpha value is -3.42. The lowest BCUT2D eigenvalue weighted by Crippen LogP contribution is -2.29. The zero-order valence-corrected chi connectivity index (χ0v) is 17.0. The van der Waals surface area contributed by atoms with Crippen LogP contribution in [0.2, 0.25) is 5.02 Å². The molecule has 1 unspecified atom stereocenters. The Balaban J connectivity index is 1.87. The molecule has 0 fully saturated rings. The first kappa shape index (κ1) is 17.4. The third-order valence-electron chi connectivity index (χ3n) is 6.25. The van der Waals surface area contributed by atoms with Crippen LogP contribution < -0.4 is 0 Å². The quantitative estimate of drug-likeness (QED) is 0.296. The van der Waals surface area contributed by atoms with Crippen molar-refractivity contribution >= 4 is 22.4 Å². The van der Waals surface area contributed by atoms with E-state index < -0.39 is 5.41 Å². The standard InChI is InChI=1S/C28H18ClN/c29-25-18-24-27(21-13-5-4-12-20(21)25)22-14-6-7-15-23(22)28(24,19-10-2-1-3-11-19)26-16-8-9-17-30-26/h1-18H. The first-order chi connectivity index (χ1) is 14.8. The molecule has 4 aromatic carbocycles. The number of rotatable bonds is 2. The van der Waals surface area contributed by atoms with E-state index in [1.165, 1.54) is 33.2 Å². The third kappa shape index (κ3) is 2.21. The summed E-state index contributed by atoms with van der Waals surface area (Å²) in [6.45, 7) is 0.